The highest BCUT2D eigenvalue weighted by Gasteiger charge is 2.52. The lowest BCUT2D eigenvalue weighted by atomic mass is 9.91. The van der Waals surface area contributed by atoms with Crippen molar-refractivity contribution in [1.82, 2.24) is 0 Å². The number of esters is 3. The number of cyclic esters (lactones) is 1. The summed E-state index contributed by atoms with van der Waals surface area (Å²) in [6, 6.07) is 5.03. The number of rotatable bonds is 30. The van der Waals surface area contributed by atoms with Gasteiger partial charge in [-0.3, -0.25) is 0 Å². The molecular weight excluding hydrogens is 949 g/mol. The molecule has 2 aliphatic rings. The largest absolute Gasteiger partial charge is 0.504 e. The van der Waals surface area contributed by atoms with E-state index < -0.39 is 112 Å². The van der Waals surface area contributed by atoms with E-state index in [-0.39, 0.29) is 32.0 Å². The number of hydrogen-bond acceptors (Lipinski definition) is 18. The lowest BCUT2D eigenvalue weighted by Gasteiger charge is -2.44. The van der Waals surface area contributed by atoms with Crippen molar-refractivity contribution < 1.29 is 86.9 Å². The van der Waals surface area contributed by atoms with Gasteiger partial charge in [-0.15, -0.1) is 0 Å². The van der Waals surface area contributed by atoms with Crippen LogP contribution in [-0.4, -0.2) is 122 Å². The number of carbonyl (C=O) groups excluding carboxylic acids is 3. The van der Waals surface area contributed by atoms with Crippen molar-refractivity contribution in [3.8, 4) is 62.9 Å². The van der Waals surface area contributed by atoms with Gasteiger partial charge in [0.25, 0.3) is 0 Å². The molecular formula is C55H78O18. The Morgan fingerprint density at radius 3 is 1.41 bits per heavy atom. The van der Waals surface area contributed by atoms with Crippen LogP contribution in [0.1, 0.15) is 169 Å². The molecule has 3 aromatic rings. The van der Waals surface area contributed by atoms with E-state index in [1.165, 1.54) is 12.1 Å². The summed E-state index contributed by atoms with van der Waals surface area (Å²) in [5, 5.41) is 46.6. The molecule has 0 spiro atoms. The van der Waals surface area contributed by atoms with Gasteiger partial charge in [-0.25, -0.2) is 14.4 Å². The minimum absolute atomic E-state index is 0.0474. The molecule has 1 fully saturated rings. The first-order chi connectivity index (χ1) is 35.4. The van der Waals surface area contributed by atoms with Crippen molar-refractivity contribution in [3.63, 3.8) is 0 Å². The van der Waals surface area contributed by atoms with E-state index >= 15 is 0 Å². The van der Waals surface area contributed by atoms with Gasteiger partial charge >= 0.3 is 17.9 Å². The summed E-state index contributed by atoms with van der Waals surface area (Å²) in [5.74, 6) is -6.04. The summed E-state index contributed by atoms with van der Waals surface area (Å²) in [4.78, 5) is 44.0. The van der Waals surface area contributed by atoms with Crippen molar-refractivity contribution in [3.05, 3.63) is 41.0 Å². The molecule has 3 aromatic carbocycles. The number of carbonyl (C=O) groups is 3. The smallest absolute Gasteiger partial charge is 0.340 e. The van der Waals surface area contributed by atoms with Gasteiger partial charge in [-0.1, -0.05) is 93.4 Å². The highest BCUT2D eigenvalue weighted by atomic mass is 16.7. The predicted molar refractivity (Wildman–Crippen MR) is 270 cm³/mol. The number of ether oxygens (including phenoxy) is 11. The number of phenolic OH excluding ortho intramolecular Hbond substituents is 4. The van der Waals surface area contributed by atoms with E-state index in [0.717, 1.165) is 57.1 Å². The van der Waals surface area contributed by atoms with Gasteiger partial charge in [0.15, 0.2) is 40.6 Å². The number of fused-ring (bicyclic) bond motifs is 4. The molecule has 5 atom stereocenters. The molecule has 0 amide bonds. The molecule has 0 radical (unpaired) electrons. The van der Waals surface area contributed by atoms with Crippen LogP contribution in [0.25, 0.3) is 11.1 Å². The molecule has 73 heavy (non-hydrogen) atoms. The van der Waals surface area contributed by atoms with Gasteiger partial charge < -0.3 is 72.5 Å². The Hall–Kier alpha value is -5.85. The van der Waals surface area contributed by atoms with E-state index in [1.807, 2.05) is 41.5 Å². The lowest BCUT2D eigenvalue weighted by molar-refractivity contribution is -0.301. The Morgan fingerprint density at radius 2 is 0.945 bits per heavy atom. The molecule has 4 N–H and O–H groups in total. The molecule has 406 valence electrons. The monoisotopic (exact) mass is 1030 g/mol. The molecule has 5 rings (SSSR count). The molecule has 18 heteroatoms. The second-order valence-corrected chi connectivity index (χ2v) is 18.1. The zero-order valence-corrected chi connectivity index (χ0v) is 43.8. The van der Waals surface area contributed by atoms with E-state index in [4.69, 9.17) is 52.1 Å². The first-order valence-electron chi connectivity index (χ1n) is 26.4. The zero-order valence-electron chi connectivity index (χ0n) is 43.8. The third-order valence-electron chi connectivity index (χ3n) is 12.2. The Kier molecular flexibility index (Phi) is 23.7. The third-order valence-corrected chi connectivity index (χ3v) is 12.2. The predicted octanol–water partition coefficient (Wildman–Crippen LogP) is 10.7. The third kappa shape index (κ3) is 15.1. The first-order valence-corrected chi connectivity index (χ1v) is 26.4. The topological polar surface area (TPSA) is 234 Å². The number of hydrogen-bond donors (Lipinski definition) is 4. The molecule has 2 unspecified atom stereocenters. The van der Waals surface area contributed by atoms with Crippen LogP contribution in [0.15, 0.2) is 24.3 Å². The molecule has 0 saturated carbocycles. The van der Waals surface area contributed by atoms with Crippen LogP contribution < -0.4 is 23.7 Å². The Labute approximate surface area is 429 Å². The molecule has 0 aromatic heterocycles. The van der Waals surface area contributed by atoms with Gasteiger partial charge in [0.2, 0.25) is 23.5 Å². The van der Waals surface area contributed by atoms with Crippen LogP contribution in [0.3, 0.4) is 0 Å². The van der Waals surface area contributed by atoms with Crippen LogP contribution >= 0.6 is 0 Å². The Morgan fingerprint density at radius 1 is 0.534 bits per heavy atom. The lowest BCUT2D eigenvalue weighted by Crippen LogP contribution is -2.62. The van der Waals surface area contributed by atoms with E-state index in [0.29, 0.717) is 82.0 Å². The molecule has 0 bridgehead atoms. The summed E-state index contributed by atoms with van der Waals surface area (Å²) >= 11 is 0. The number of phenols is 4. The second kappa shape index (κ2) is 29.7. The van der Waals surface area contributed by atoms with Crippen LogP contribution in [-0.2, 0) is 28.4 Å². The minimum atomic E-state index is -1.57. The minimum Gasteiger partial charge on any atom is -0.504 e. The van der Waals surface area contributed by atoms with Crippen molar-refractivity contribution in [2.75, 3.05) is 52.9 Å². The van der Waals surface area contributed by atoms with Gasteiger partial charge in [0, 0.05) is 24.3 Å². The molecule has 2 heterocycles. The van der Waals surface area contributed by atoms with Crippen molar-refractivity contribution in [1.29, 1.82) is 0 Å². The van der Waals surface area contributed by atoms with Crippen LogP contribution in [0.4, 0.5) is 0 Å². The van der Waals surface area contributed by atoms with Crippen molar-refractivity contribution >= 4 is 17.9 Å². The number of unbranched alkanes of at least 4 members (excludes halogenated alkanes) is 7. The second-order valence-electron chi connectivity index (χ2n) is 18.1. The fraction of sp³-hybridized carbons (Fsp3) is 0.618. The normalized spacial score (nSPS) is 18.5. The maximum atomic E-state index is 14.9. The quantitative estimate of drug-likeness (QED) is 0.0276. The number of benzene rings is 3. The summed E-state index contributed by atoms with van der Waals surface area (Å²) in [6.07, 6.45) is 2.94. The summed E-state index contributed by atoms with van der Waals surface area (Å²) in [5.41, 5.74) is -1.94. The van der Waals surface area contributed by atoms with Gasteiger partial charge in [0.1, 0.15) is 24.9 Å². The van der Waals surface area contributed by atoms with Gasteiger partial charge in [-0.2, -0.15) is 0 Å². The Balaban J connectivity index is 1.67. The Bertz CT molecular complexity index is 2210. The van der Waals surface area contributed by atoms with E-state index in [9.17, 15) is 34.8 Å². The first kappa shape index (κ1) is 58.0. The van der Waals surface area contributed by atoms with Crippen LogP contribution in [0.2, 0.25) is 0 Å². The zero-order chi connectivity index (χ0) is 52.9. The molecule has 18 nitrogen and oxygen atoms in total. The summed E-state index contributed by atoms with van der Waals surface area (Å²) in [7, 11) is 0. The highest BCUT2D eigenvalue weighted by Crippen LogP contribution is 2.54. The van der Waals surface area contributed by atoms with Crippen LogP contribution in [0, 0.1) is 0 Å². The summed E-state index contributed by atoms with van der Waals surface area (Å²) in [6.45, 7) is 14.7. The SMILES string of the molecule is CCCCOc1cc(C(=O)O[C@@H]2OC3COC(=O)c4cc(O)c(OCCCC)c(O)c4-c4c(cc(O)c(OCCCC)c4O)C(=O)O[C@H]3[C@H](OCCCC)C2OCCCC)cc(OCCCC)c1OCCCC. The molecule has 1 saturated heterocycles. The van der Waals surface area contributed by atoms with Crippen molar-refractivity contribution in [2.45, 2.75) is 169 Å². The molecule has 0 aliphatic carbocycles. The number of aromatic hydroxyl groups is 4. The fourth-order valence-corrected chi connectivity index (χ4v) is 7.99. The fourth-order valence-electron chi connectivity index (χ4n) is 7.99. The maximum Gasteiger partial charge on any atom is 0.340 e. The maximum absolute atomic E-state index is 14.9. The molecule has 2 aliphatic heterocycles. The van der Waals surface area contributed by atoms with Crippen molar-refractivity contribution in [2.24, 2.45) is 0 Å². The van der Waals surface area contributed by atoms with Gasteiger partial charge in [0.05, 0.1) is 49.7 Å². The summed E-state index contributed by atoms with van der Waals surface area (Å²) < 4.78 is 68.2. The van der Waals surface area contributed by atoms with E-state index in [1.54, 1.807) is 0 Å². The van der Waals surface area contributed by atoms with Crippen LogP contribution in [0.5, 0.6) is 51.7 Å². The van der Waals surface area contributed by atoms with E-state index in [2.05, 4.69) is 6.92 Å². The highest BCUT2D eigenvalue weighted by molar-refractivity contribution is 6.08. The van der Waals surface area contributed by atoms with Gasteiger partial charge in [-0.05, 0) is 69.2 Å². The average Bonchev–Trinajstić information content (AvgIpc) is 3.38. The average molecular weight is 1030 g/mol. The standard InChI is InChI=1S/C55H78O18/c1-8-15-22-63-39-29-34(30-40(64-23-16-9-2)48(39)67-26-19-12-5)52(60)73-55-51(69-28-21-14-7)50(68-27-20-13-6)49-41(71-55)33-70-53(61)35-31-37(56)46(65-24-17-10-3)44(58)42(35)43-36(54(62)72-49)32-38(57)47(45(43)59)66-25-18-11-4/h29-32,41,49-51,55-59H,8-28,33H2,1-7H3/t41?,49-,50+,51?,55+/m1/s1.